The lowest BCUT2D eigenvalue weighted by Crippen LogP contribution is -2.48. The van der Waals surface area contributed by atoms with Crippen molar-refractivity contribution in [1.82, 2.24) is 10.2 Å². The molecule has 1 aliphatic rings. The Morgan fingerprint density at radius 2 is 1.69 bits per heavy atom. The number of likely N-dealkylation sites (tertiary alicyclic amines) is 1. The Labute approximate surface area is 97.4 Å². The minimum absolute atomic E-state index is 0.0371. The van der Waals surface area contributed by atoms with Gasteiger partial charge in [0.05, 0.1) is 0 Å². The summed E-state index contributed by atoms with van der Waals surface area (Å²) in [5, 5.41) is 2.77. The molecule has 16 heavy (non-hydrogen) atoms. The lowest BCUT2D eigenvalue weighted by molar-refractivity contribution is -0.137. The molecule has 4 nitrogen and oxygen atoms in total. The molecule has 0 bridgehead atoms. The van der Waals surface area contributed by atoms with Crippen LogP contribution in [0, 0.1) is 5.41 Å². The van der Waals surface area contributed by atoms with Crippen LogP contribution in [-0.4, -0.2) is 35.8 Å². The molecule has 2 amide bonds. The van der Waals surface area contributed by atoms with E-state index in [-0.39, 0.29) is 11.8 Å². The fourth-order valence-electron chi connectivity index (χ4n) is 1.69. The highest BCUT2D eigenvalue weighted by molar-refractivity contribution is 5.89. The van der Waals surface area contributed by atoms with Crippen molar-refractivity contribution in [3.05, 3.63) is 0 Å². The first-order valence-corrected chi connectivity index (χ1v) is 5.92. The number of hydrogen-bond acceptors (Lipinski definition) is 2. The molecule has 1 N–H and O–H groups in total. The van der Waals surface area contributed by atoms with Crippen LogP contribution in [-0.2, 0) is 9.59 Å². The zero-order chi connectivity index (χ0) is 12.3. The molecular weight excluding hydrogens is 204 g/mol. The van der Waals surface area contributed by atoms with E-state index in [0.29, 0.717) is 0 Å². The minimum Gasteiger partial charge on any atom is -0.344 e. The van der Waals surface area contributed by atoms with Crippen LogP contribution in [0.2, 0.25) is 0 Å². The van der Waals surface area contributed by atoms with Crippen molar-refractivity contribution in [2.24, 2.45) is 5.41 Å². The predicted molar refractivity (Wildman–Crippen MR) is 62.9 cm³/mol. The van der Waals surface area contributed by atoms with E-state index in [1.54, 1.807) is 6.92 Å². The summed E-state index contributed by atoms with van der Waals surface area (Å²) in [6.45, 7) is 8.94. The molecule has 0 radical (unpaired) electrons. The van der Waals surface area contributed by atoms with Gasteiger partial charge in [-0.25, -0.2) is 0 Å². The first-order chi connectivity index (χ1) is 7.32. The van der Waals surface area contributed by atoms with Crippen molar-refractivity contribution < 1.29 is 9.59 Å². The Balaban J connectivity index is 2.48. The van der Waals surface area contributed by atoms with Gasteiger partial charge in [0, 0.05) is 18.5 Å². The fourth-order valence-corrected chi connectivity index (χ4v) is 1.69. The summed E-state index contributed by atoms with van der Waals surface area (Å²) in [6.07, 6.45) is 2.15. The molecule has 1 aliphatic heterocycles. The Morgan fingerprint density at radius 3 is 2.12 bits per heavy atom. The second kappa shape index (κ2) is 4.85. The van der Waals surface area contributed by atoms with E-state index in [2.05, 4.69) is 5.32 Å². The molecule has 0 aliphatic carbocycles. The molecule has 0 saturated carbocycles. The standard InChI is InChI=1S/C12H22N2O2/c1-9(13-11(16)12(2,3)4)10(15)14-7-5-6-8-14/h9H,5-8H2,1-4H3,(H,13,16). The van der Waals surface area contributed by atoms with E-state index < -0.39 is 11.5 Å². The molecule has 0 aromatic carbocycles. The van der Waals surface area contributed by atoms with Gasteiger partial charge in [-0.3, -0.25) is 9.59 Å². The highest BCUT2D eigenvalue weighted by Crippen LogP contribution is 2.14. The molecule has 1 fully saturated rings. The smallest absolute Gasteiger partial charge is 0.244 e. The van der Waals surface area contributed by atoms with E-state index in [1.165, 1.54) is 0 Å². The molecular formula is C12H22N2O2. The predicted octanol–water partition coefficient (Wildman–Crippen LogP) is 1.16. The first-order valence-electron chi connectivity index (χ1n) is 5.92. The third-order valence-electron chi connectivity index (χ3n) is 2.82. The Morgan fingerprint density at radius 1 is 1.19 bits per heavy atom. The van der Waals surface area contributed by atoms with Crippen molar-refractivity contribution in [2.45, 2.75) is 46.6 Å². The molecule has 0 spiro atoms. The summed E-state index contributed by atoms with van der Waals surface area (Å²) in [4.78, 5) is 25.5. The van der Waals surface area contributed by atoms with Gasteiger partial charge < -0.3 is 10.2 Å². The van der Waals surface area contributed by atoms with Gasteiger partial charge in [-0.1, -0.05) is 20.8 Å². The second-order valence-corrected chi connectivity index (χ2v) is 5.48. The summed E-state index contributed by atoms with van der Waals surface area (Å²) in [5.41, 5.74) is -0.445. The summed E-state index contributed by atoms with van der Waals surface area (Å²) >= 11 is 0. The van der Waals surface area contributed by atoms with Crippen LogP contribution in [0.4, 0.5) is 0 Å². The zero-order valence-corrected chi connectivity index (χ0v) is 10.7. The molecule has 0 aromatic heterocycles. The number of carbonyl (C=O) groups is 2. The third kappa shape index (κ3) is 3.22. The van der Waals surface area contributed by atoms with Gasteiger partial charge in [-0.15, -0.1) is 0 Å². The Bertz CT molecular complexity index is 275. The zero-order valence-electron chi connectivity index (χ0n) is 10.7. The molecule has 1 heterocycles. The van der Waals surface area contributed by atoms with E-state index in [1.807, 2.05) is 25.7 Å². The van der Waals surface area contributed by atoms with Crippen LogP contribution >= 0.6 is 0 Å². The van der Waals surface area contributed by atoms with Gasteiger partial charge in [0.2, 0.25) is 11.8 Å². The highest BCUT2D eigenvalue weighted by Gasteiger charge is 2.28. The van der Waals surface area contributed by atoms with E-state index in [0.717, 1.165) is 25.9 Å². The van der Waals surface area contributed by atoms with Crippen molar-refractivity contribution in [2.75, 3.05) is 13.1 Å². The Hall–Kier alpha value is -1.06. The SMILES string of the molecule is CC(NC(=O)C(C)(C)C)C(=O)N1CCCC1. The number of rotatable bonds is 2. The molecule has 0 aromatic rings. The average Bonchev–Trinajstić information content (AvgIpc) is 2.67. The lowest BCUT2D eigenvalue weighted by atomic mass is 9.95. The average molecular weight is 226 g/mol. The van der Waals surface area contributed by atoms with Crippen LogP contribution in [0.25, 0.3) is 0 Å². The van der Waals surface area contributed by atoms with Crippen LogP contribution in [0.15, 0.2) is 0 Å². The summed E-state index contributed by atoms with van der Waals surface area (Å²) in [5.74, 6) is -0.0392. The molecule has 92 valence electrons. The lowest BCUT2D eigenvalue weighted by Gasteiger charge is -2.24. The van der Waals surface area contributed by atoms with Gasteiger partial charge in [0.25, 0.3) is 0 Å². The normalized spacial score (nSPS) is 18.4. The summed E-state index contributed by atoms with van der Waals surface area (Å²) in [7, 11) is 0. The summed E-state index contributed by atoms with van der Waals surface area (Å²) in [6, 6.07) is -0.412. The van der Waals surface area contributed by atoms with Gasteiger partial charge >= 0.3 is 0 Å². The maximum absolute atomic E-state index is 11.9. The number of carbonyl (C=O) groups excluding carboxylic acids is 2. The molecule has 4 heteroatoms. The van der Waals surface area contributed by atoms with Crippen molar-refractivity contribution >= 4 is 11.8 Å². The van der Waals surface area contributed by atoms with E-state index in [4.69, 9.17) is 0 Å². The van der Waals surface area contributed by atoms with Crippen molar-refractivity contribution in [1.29, 1.82) is 0 Å². The van der Waals surface area contributed by atoms with Gasteiger partial charge in [-0.05, 0) is 19.8 Å². The molecule has 1 atom stereocenters. The third-order valence-corrected chi connectivity index (χ3v) is 2.82. The van der Waals surface area contributed by atoms with Gasteiger partial charge in [0.15, 0.2) is 0 Å². The number of amides is 2. The first kappa shape index (κ1) is 13.0. The van der Waals surface area contributed by atoms with Crippen LogP contribution in [0.5, 0.6) is 0 Å². The fraction of sp³-hybridized carbons (Fsp3) is 0.833. The van der Waals surface area contributed by atoms with E-state index >= 15 is 0 Å². The minimum atomic E-state index is -0.445. The quantitative estimate of drug-likeness (QED) is 0.768. The van der Waals surface area contributed by atoms with Crippen LogP contribution in [0.3, 0.4) is 0 Å². The maximum atomic E-state index is 11.9. The maximum Gasteiger partial charge on any atom is 0.244 e. The Kier molecular flexibility index (Phi) is 3.94. The molecule has 1 saturated heterocycles. The summed E-state index contributed by atoms with van der Waals surface area (Å²) < 4.78 is 0. The van der Waals surface area contributed by atoms with Gasteiger partial charge in [0.1, 0.15) is 6.04 Å². The topological polar surface area (TPSA) is 49.4 Å². The van der Waals surface area contributed by atoms with Crippen molar-refractivity contribution in [3.8, 4) is 0 Å². The molecule has 1 unspecified atom stereocenters. The molecule has 1 rings (SSSR count). The number of nitrogens with one attached hydrogen (secondary N) is 1. The van der Waals surface area contributed by atoms with Crippen LogP contribution in [0.1, 0.15) is 40.5 Å². The van der Waals surface area contributed by atoms with Crippen molar-refractivity contribution in [3.63, 3.8) is 0 Å². The number of hydrogen-bond donors (Lipinski definition) is 1. The second-order valence-electron chi connectivity index (χ2n) is 5.48. The van der Waals surface area contributed by atoms with E-state index in [9.17, 15) is 9.59 Å². The van der Waals surface area contributed by atoms with Gasteiger partial charge in [-0.2, -0.15) is 0 Å². The van der Waals surface area contributed by atoms with Crippen LogP contribution < -0.4 is 5.32 Å². The number of nitrogens with zero attached hydrogens (tertiary/aromatic N) is 1. The monoisotopic (exact) mass is 226 g/mol. The largest absolute Gasteiger partial charge is 0.344 e. The highest BCUT2D eigenvalue weighted by atomic mass is 16.2.